The van der Waals surface area contributed by atoms with E-state index in [1.165, 1.54) is 12.8 Å². The Kier molecular flexibility index (Phi) is 3.53. The van der Waals surface area contributed by atoms with Crippen molar-refractivity contribution in [3.63, 3.8) is 0 Å². The van der Waals surface area contributed by atoms with Crippen LogP contribution < -0.4 is 0 Å². The molecule has 2 N–H and O–H groups in total. The Hall–Kier alpha value is -0.0800. The summed E-state index contributed by atoms with van der Waals surface area (Å²) in [7, 11) is 0. The molecule has 0 amide bonds. The summed E-state index contributed by atoms with van der Waals surface area (Å²) in [4.78, 5) is 0. The molecule has 0 aromatic rings. The standard InChI is InChI=1S/C10H20O2/c1-2-9-4-3-6-10(12,8-11)7-5-9/h9,11-12H,2-8H2,1H3. The minimum Gasteiger partial charge on any atom is -0.393 e. The number of aliphatic hydroxyl groups is 2. The van der Waals surface area contributed by atoms with Gasteiger partial charge in [0.1, 0.15) is 0 Å². The van der Waals surface area contributed by atoms with E-state index in [2.05, 4.69) is 6.92 Å². The summed E-state index contributed by atoms with van der Waals surface area (Å²) in [6.07, 6.45) is 6.13. The topological polar surface area (TPSA) is 40.5 Å². The van der Waals surface area contributed by atoms with Gasteiger partial charge in [-0.05, 0) is 25.2 Å². The fourth-order valence-electron chi connectivity index (χ4n) is 2.03. The smallest absolute Gasteiger partial charge is 0.0877 e. The van der Waals surface area contributed by atoms with Gasteiger partial charge in [-0.2, -0.15) is 0 Å². The molecular weight excluding hydrogens is 152 g/mol. The Labute approximate surface area is 74.6 Å². The lowest BCUT2D eigenvalue weighted by atomic mass is 9.94. The molecule has 0 heterocycles. The van der Waals surface area contributed by atoms with Crippen LogP contribution in [0.15, 0.2) is 0 Å². The Morgan fingerprint density at radius 2 is 2.08 bits per heavy atom. The Bertz CT molecular complexity index is 136. The summed E-state index contributed by atoms with van der Waals surface area (Å²) in [6.45, 7) is 2.14. The third-order valence-corrected chi connectivity index (χ3v) is 3.14. The first-order valence-corrected chi connectivity index (χ1v) is 5.03. The maximum Gasteiger partial charge on any atom is 0.0877 e. The lowest BCUT2D eigenvalue weighted by Gasteiger charge is -2.23. The molecule has 2 nitrogen and oxygen atoms in total. The van der Waals surface area contributed by atoms with Gasteiger partial charge in [0.05, 0.1) is 12.2 Å². The summed E-state index contributed by atoms with van der Waals surface area (Å²) in [5, 5.41) is 18.8. The van der Waals surface area contributed by atoms with E-state index in [-0.39, 0.29) is 6.61 Å². The molecule has 0 aliphatic heterocycles. The monoisotopic (exact) mass is 172 g/mol. The van der Waals surface area contributed by atoms with Crippen LogP contribution in [0.5, 0.6) is 0 Å². The average Bonchev–Trinajstić information content (AvgIpc) is 2.28. The van der Waals surface area contributed by atoms with Crippen molar-refractivity contribution in [1.82, 2.24) is 0 Å². The summed E-state index contributed by atoms with van der Waals surface area (Å²) in [6, 6.07) is 0. The molecule has 2 unspecified atom stereocenters. The van der Waals surface area contributed by atoms with Crippen LogP contribution in [0.2, 0.25) is 0 Å². The van der Waals surface area contributed by atoms with Crippen LogP contribution in [0.1, 0.15) is 45.4 Å². The maximum atomic E-state index is 9.82. The molecule has 1 fully saturated rings. The quantitative estimate of drug-likeness (QED) is 0.622. The van der Waals surface area contributed by atoms with Gasteiger partial charge in [-0.25, -0.2) is 0 Å². The Balaban J connectivity index is 2.44. The van der Waals surface area contributed by atoms with Gasteiger partial charge in [0, 0.05) is 0 Å². The average molecular weight is 172 g/mol. The molecule has 0 saturated heterocycles. The predicted octanol–water partition coefficient (Wildman–Crippen LogP) is 1.70. The molecule has 1 rings (SSSR count). The van der Waals surface area contributed by atoms with Crippen LogP contribution in [-0.4, -0.2) is 22.4 Å². The molecule has 0 spiro atoms. The first-order chi connectivity index (χ1) is 5.70. The van der Waals surface area contributed by atoms with Gasteiger partial charge in [-0.15, -0.1) is 0 Å². The molecule has 72 valence electrons. The zero-order chi connectivity index (χ0) is 9.03. The first-order valence-electron chi connectivity index (χ1n) is 5.03. The van der Waals surface area contributed by atoms with Crippen molar-refractivity contribution in [2.45, 2.75) is 51.0 Å². The highest BCUT2D eigenvalue weighted by Crippen LogP contribution is 2.31. The summed E-state index contributed by atoms with van der Waals surface area (Å²) in [5.74, 6) is 0.769. The number of aliphatic hydroxyl groups excluding tert-OH is 1. The van der Waals surface area contributed by atoms with Gasteiger partial charge >= 0.3 is 0 Å². The molecule has 1 aliphatic rings. The predicted molar refractivity (Wildman–Crippen MR) is 48.9 cm³/mol. The van der Waals surface area contributed by atoms with Gasteiger partial charge in [-0.1, -0.05) is 26.2 Å². The highest BCUT2D eigenvalue weighted by molar-refractivity contribution is 4.82. The Morgan fingerprint density at radius 3 is 2.67 bits per heavy atom. The van der Waals surface area contributed by atoms with E-state index in [4.69, 9.17) is 5.11 Å². The molecule has 0 aromatic heterocycles. The molecule has 0 aromatic carbocycles. The van der Waals surface area contributed by atoms with E-state index < -0.39 is 5.60 Å². The van der Waals surface area contributed by atoms with E-state index >= 15 is 0 Å². The van der Waals surface area contributed by atoms with Crippen LogP contribution in [0.25, 0.3) is 0 Å². The van der Waals surface area contributed by atoms with Crippen LogP contribution in [0, 0.1) is 5.92 Å². The van der Waals surface area contributed by atoms with Crippen molar-refractivity contribution >= 4 is 0 Å². The van der Waals surface area contributed by atoms with Crippen molar-refractivity contribution < 1.29 is 10.2 Å². The fraction of sp³-hybridized carbons (Fsp3) is 1.00. The first kappa shape index (κ1) is 10.0. The van der Waals surface area contributed by atoms with E-state index in [1.54, 1.807) is 0 Å². The maximum absolute atomic E-state index is 9.82. The van der Waals surface area contributed by atoms with Gasteiger partial charge in [-0.3, -0.25) is 0 Å². The third kappa shape index (κ3) is 2.46. The van der Waals surface area contributed by atoms with E-state index in [1.807, 2.05) is 0 Å². The summed E-state index contributed by atoms with van der Waals surface area (Å²) in [5.41, 5.74) is -0.760. The van der Waals surface area contributed by atoms with Crippen LogP contribution >= 0.6 is 0 Å². The van der Waals surface area contributed by atoms with Gasteiger partial charge in [0.25, 0.3) is 0 Å². The van der Waals surface area contributed by atoms with E-state index in [9.17, 15) is 5.11 Å². The van der Waals surface area contributed by atoms with Gasteiger partial charge < -0.3 is 10.2 Å². The number of hydrogen-bond donors (Lipinski definition) is 2. The second-order valence-corrected chi connectivity index (χ2v) is 4.09. The Morgan fingerprint density at radius 1 is 1.33 bits per heavy atom. The van der Waals surface area contributed by atoms with Gasteiger partial charge in [0.2, 0.25) is 0 Å². The van der Waals surface area contributed by atoms with Crippen LogP contribution in [-0.2, 0) is 0 Å². The fourth-order valence-corrected chi connectivity index (χ4v) is 2.03. The van der Waals surface area contributed by atoms with Crippen LogP contribution in [0.3, 0.4) is 0 Å². The summed E-state index contributed by atoms with van der Waals surface area (Å²) < 4.78 is 0. The normalized spacial score (nSPS) is 37.8. The van der Waals surface area contributed by atoms with Crippen molar-refractivity contribution in [3.05, 3.63) is 0 Å². The molecule has 1 aliphatic carbocycles. The lowest BCUT2D eigenvalue weighted by molar-refractivity contribution is -0.0268. The SMILES string of the molecule is CCC1CCCC(O)(CO)CC1. The number of rotatable bonds is 2. The highest BCUT2D eigenvalue weighted by Gasteiger charge is 2.29. The van der Waals surface area contributed by atoms with E-state index in [0.29, 0.717) is 0 Å². The van der Waals surface area contributed by atoms with Crippen molar-refractivity contribution in [1.29, 1.82) is 0 Å². The van der Waals surface area contributed by atoms with E-state index in [0.717, 1.165) is 31.6 Å². The molecule has 1 saturated carbocycles. The molecule has 0 radical (unpaired) electrons. The summed E-state index contributed by atoms with van der Waals surface area (Å²) >= 11 is 0. The molecular formula is C10H20O2. The lowest BCUT2D eigenvalue weighted by Crippen LogP contribution is -2.32. The minimum atomic E-state index is -0.760. The van der Waals surface area contributed by atoms with Crippen molar-refractivity contribution in [3.8, 4) is 0 Å². The molecule has 0 bridgehead atoms. The third-order valence-electron chi connectivity index (χ3n) is 3.14. The largest absolute Gasteiger partial charge is 0.393 e. The second kappa shape index (κ2) is 4.24. The van der Waals surface area contributed by atoms with Crippen LogP contribution in [0.4, 0.5) is 0 Å². The van der Waals surface area contributed by atoms with Crippen molar-refractivity contribution in [2.24, 2.45) is 5.92 Å². The molecule has 2 atom stereocenters. The number of hydrogen-bond acceptors (Lipinski definition) is 2. The minimum absolute atomic E-state index is 0.0660. The molecule has 2 heteroatoms. The molecule has 12 heavy (non-hydrogen) atoms. The van der Waals surface area contributed by atoms with Crippen molar-refractivity contribution in [2.75, 3.05) is 6.61 Å². The van der Waals surface area contributed by atoms with Gasteiger partial charge in [0.15, 0.2) is 0 Å². The highest BCUT2D eigenvalue weighted by atomic mass is 16.3. The second-order valence-electron chi connectivity index (χ2n) is 4.09. The zero-order valence-electron chi connectivity index (χ0n) is 7.92. The zero-order valence-corrected chi connectivity index (χ0v) is 7.92.